The van der Waals surface area contributed by atoms with Gasteiger partial charge in [-0.3, -0.25) is 9.78 Å². The molecule has 7 nitrogen and oxygen atoms in total. The highest BCUT2D eigenvalue weighted by molar-refractivity contribution is 7.89. The molecule has 0 atom stereocenters. The normalized spacial score (nSPS) is 11.7. The number of hydrogen-bond acceptors (Lipinski definition) is 5. The van der Waals surface area contributed by atoms with E-state index < -0.39 is 10.0 Å². The van der Waals surface area contributed by atoms with E-state index in [1.807, 2.05) is 72.8 Å². The zero-order chi connectivity index (χ0) is 29.4. The minimum atomic E-state index is -3.68. The zero-order valence-corrected chi connectivity index (χ0v) is 24.5. The average Bonchev–Trinajstić information content (AvgIpc) is 3.03. The van der Waals surface area contributed by atoms with Gasteiger partial charge in [-0.15, -0.1) is 0 Å². The van der Waals surface area contributed by atoms with Gasteiger partial charge in [0.05, 0.1) is 17.0 Å². The maximum Gasteiger partial charge on any atom is 0.250 e. The molecular weight excluding hydrogens is 546 g/mol. The van der Waals surface area contributed by atoms with Gasteiger partial charge in [0.15, 0.2) is 0 Å². The van der Waals surface area contributed by atoms with Gasteiger partial charge in [0.1, 0.15) is 5.75 Å². The van der Waals surface area contributed by atoms with Crippen molar-refractivity contribution in [2.45, 2.75) is 30.6 Å². The molecule has 0 saturated heterocycles. The van der Waals surface area contributed by atoms with E-state index in [0.717, 1.165) is 52.6 Å². The Morgan fingerprint density at radius 1 is 0.810 bits per heavy atom. The van der Waals surface area contributed by atoms with Gasteiger partial charge >= 0.3 is 0 Å². The van der Waals surface area contributed by atoms with E-state index in [4.69, 9.17) is 4.74 Å². The van der Waals surface area contributed by atoms with Gasteiger partial charge < -0.3 is 9.30 Å². The fraction of sp³-hybridized carbons (Fsp3) is 0.235. The molecule has 0 bridgehead atoms. The number of pyridine rings is 2. The minimum absolute atomic E-state index is 0.0446. The molecule has 5 aromatic rings. The molecule has 216 valence electrons. The summed E-state index contributed by atoms with van der Waals surface area (Å²) in [4.78, 5) is 16.3. The largest absolute Gasteiger partial charge is 0.494 e. The number of hydrogen-bond donors (Lipinski definition) is 0. The maximum atomic E-state index is 13.7. The van der Waals surface area contributed by atoms with E-state index in [1.54, 1.807) is 52.6 Å². The van der Waals surface area contributed by atoms with Crippen LogP contribution in [0.15, 0.2) is 119 Å². The summed E-state index contributed by atoms with van der Waals surface area (Å²) < 4.78 is 36.6. The van der Waals surface area contributed by atoms with Crippen LogP contribution in [0.25, 0.3) is 22.0 Å². The lowest BCUT2D eigenvalue weighted by Crippen LogP contribution is -2.34. The van der Waals surface area contributed by atoms with E-state index in [1.165, 1.54) is 0 Å². The number of nitrogens with zero attached hydrogens (tertiary/aromatic N) is 3. The van der Waals surface area contributed by atoms with Gasteiger partial charge in [0.2, 0.25) is 10.0 Å². The molecule has 8 heteroatoms. The minimum Gasteiger partial charge on any atom is -0.494 e. The Morgan fingerprint density at radius 3 is 2.36 bits per heavy atom. The molecule has 0 aliphatic rings. The first-order valence-corrected chi connectivity index (χ1v) is 15.6. The lowest BCUT2D eigenvalue weighted by atomic mass is 10.1. The van der Waals surface area contributed by atoms with Crippen LogP contribution in [0.1, 0.15) is 24.8 Å². The summed E-state index contributed by atoms with van der Waals surface area (Å²) in [6, 6.07) is 29.9. The van der Waals surface area contributed by atoms with Crippen LogP contribution in [0.4, 0.5) is 0 Å². The summed E-state index contributed by atoms with van der Waals surface area (Å²) in [7, 11) is -1.92. The first kappa shape index (κ1) is 29.2. The van der Waals surface area contributed by atoms with Crippen LogP contribution in [0, 0.1) is 0 Å². The summed E-state index contributed by atoms with van der Waals surface area (Å²) in [5, 5.41) is 0.945. The molecule has 0 aliphatic heterocycles. The third-order valence-electron chi connectivity index (χ3n) is 7.39. The van der Waals surface area contributed by atoms with Crippen LogP contribution < -0.4 is 10.3 Å². The molecule has 0 N–H and O–H groups in total. The molecule has 0 saturated carbocycles. The summed E-state index contributed by atoms with van der Waals surface area (Å²) in [6.45, 7) is 1.33. The molecular formula is C34H35N3O4S. The summed E-state index contributed by atoms with van der Waals surface area (Å²) >= 11 is 0. The van der Waals surface area contributed by atoms with Crippen LogP contribution in [-0.4, -0.2) is 42.0 Å². The van der Waals surface area contributed by atoms with Gasteiger partial charge in [-0.05, 0) is 84.8 Å². The fourth-order valence-corrected chi connectivity index (χ4v) is 6.44. The van der Waals surface area contributed by atoms with Crippen molar-refractivity contribution >= 4 is 20.9 Å². The van der Waals surface area contributed by atoms with Crippen molar-refractivity contribution in [3.05, 3.63) is 125 Å². The second kappa shape index (κ2) is 13.6. The molecule has 2 aromatic heterocycles. The van der Waals surface area contributed by atoms with Crippen molar-refractivity contribution in [1.82, 2.24) is 13.9 Å². The molecule has 42 heavy (non-hydrogen) atoms. The van der Waals surface area contributed by atoms with Gasteiger partial charge in [0.25, 0.3) is 5.56 Å². The molecule has 0 fully saturated rings. The average molecular weight is 582 g/mol. The molecule has 0 unspecified atom stereocenters. The fourth-order valence-electron chi connectivity index (χ4n) is 4.96. The van der Waals surface area contributed by atoms with Crippen molar-refractivity contribution in [3.8, 4) is 16.9 Å². The number of ether oxygens (including phenoxy) is 1. The topological polar surface area (TPSA) is 81.5 Å². The monoisotopic (exact) mass is 581 g/mol. The highest BCUT2D eigenvalue weighted by Crippen LogP contribution is 2.24. The van der Waals surface area contributed by atoms with Crippen LogP contribution in [-0.2, 0) is 23.5 Å². The molecule has 5 rings (SSSR count). The van der Waals surface area contributed by atoms with Crippen molar-refractivity contribution in [2.24, 2.45) is 7.05 Å². The summed E-state index contributed by atoms with van der Waals surface area (Å²) in [5.74, 6) is 0.751. The molecule has 0 radical (unpaired) electrons. The molecule has 0 spiro atoms. The maximum absolute atomic E-state index is 13.7. The van der Waals surface area contributed by atoms with E-state index in [-0.39, 0.29) is 5.56 Å². The third-order valence-corrected chi connectivity index (χ3v) is 9.30. The lowest BCUT2D eigenvalue weighted by Gasteiger charge is -2.22. The Kier molecular flexibility index (Phi) is 9.46. The smallest absolute Gasteiger partial charge is 0.250 e. The number of fused-ring (bicyclic) bond motifs is 1. The third kappa shape index (κ3) is 7.13. The Hall–Kier alpha value is -4.27. The molecule has 0 amide bonds. The molecule has 0 aliphatic carbocycles. The number of rotatable bonds is 13. The predicted octanol–water partition coefficient (Wildman–Crippen LogP) is 6.08. The Balaban J connectivity index is 1.19. The number of aromatic nitrogens is 2. The van der Waals surface area contributed by atoms with Gasteiger partial charge in [-0.25, -0.2) is 8.42 Å². The molecule has 2 heterocycles. The Morgan fingerprint density at radius 2 is 1.60 bits per heavy atom. The summed E-state index contributed by atoms with van der Waals surface area (Å²) in [6.07, 6.45) is 6.43. The number of benzene rings is 3. The molecule has 3 aromatic carbocycles. The number of aryl methyl sites for hydroxylation is 1. The number of sulfonamides is 1. The van der Waals surface area contributed by atoms with Crippen LogP contribution in [0.3, 0.4) is 0 Å². The first-order valence-electron chi connectivity index (χ1n) is 14.2. The van der Waals surface area contributed by atoms with Crippen LogP contribution in [0.2, 0.25) is 0 Å². The Labute approximate surface area is 247 Å². The van der Waals surface area contributed by atoms with Crippen molar-refractivity contribution in [2.75, 3.05) is 19.7 Å². The first-order chi connectivity index (χ1) is 20.4. The van der Waals surface area contributed by atoms with Crippen molar-refractivity contribution in [3.63, 3.8) is 0 Å². The highest BCUT2D eigenvalue weighted by atomic mass is 32.2. The predicted molar refractivity (Wildman–Crippen MR) is 167 cm³/mol. The second-order valence-electron chi connectivity index (χ2n) is 10.3. The SMILES string of the molecule is Cn1c(=O)ccc2cc(OCCCCCN(CCc3cccnc3)S(=O)(=O)c3ccc(-c4ccccc4)cc3)ccc21. The van der Waals surface area contributed by atoms with Crippen molar-refractivity contribution in [1.29, 1.82) is 0 Å². The van der Waals surface area contributed by atoms with Crippen LogP contribution >= 0.6 is 0 Å². The van der Waals surface area contributed by atoms with E-state index in [9.17, 15) is 13.2 Å². The number of unbranched alkanes of at least 4 members (excludes halogenated alkanes) is 2. The van der Waals surface area contributed by atoms with E-state index >= 15 is 0 Å². The Bertz CT molecular complexity index is 1770. The zero-order valence-electron chi connectivity index (χ0n) is 23.7. The lowest BCUT2D eigenvalue weighted by molar-refractivity contribution is 0.301. The van der Waals surface area contributed by atoms with Gasteiger partial charge in [-0.2, -0.15) is 4.31 Å². The highest BCUT2D eigenvalue weighted by Gasteiger charge is 2.24. The van der Waals surface area contributed by atoms with Gasteiger partial charge in [-0.1, -0.05) is 48.5 Å². The summed E-state index contributed by atoms with van der Waals surface area (Å²) in [5.41, 5.74) is 3.84. The van der Waals surface area contributed by atoms with Crippen molar-refractivity contribution < 1.29 is 13.2 Å². The second-order valence-corrected chi connectivity index (χ2v) is 12.2. The van der Waals surface area contributed by atoms with Gasteiger partial charge in [0, 0.05) is 44.0 Å². The van der Waals surface area contributed by atoms with Crippen LogP contribution in [0.5, 0.6) is 5.75 Å². The van der Waals surface area contributed by atoms with E-state index in [0.29, 0.717) is 31.0 Å². The standard InChI is InChI=1S/C34H35N3O4S/c1-36-33-18-15-31(25-30(33)14-19-34(36)38)41-24-7-3-6-22-37(23-20-27-9-8-21-35-26-27)42(39,40)32-16-12-29(13-17-32)28-10-4-2-5-11-28/h2,4-5,8-19,21,25-26H,3,6-7,20,22-24H2,1H3. The van der Waals surface area contributed by atoms with E-state index in [2.05, 4.69) is 4.98 Å². The quantitative estimate of drug-likeness (QED) is 0.157.